The molecule has 5 N–H and O–H groups in total. The molecule has 0 bridgehead atoms. The number of rotatable bonds is 1. The number of nitrogens with two attached hydrogens (primary N) is 2. The first-order valence-electron chi connectivity index (χ1n) is 5.81. The largest absolute Gasteiger partial charge is 0.369 e. The van der Waals surface area contributed by atoms with E-state index in [0.29, 0.717) is 5.52 Å². The van der Waals surface area contributed by atoms with Crippen LogP contribution >= 0.6 is 0 Å². The third-order valence-electron chi connectivity index (χ3n) is 3.07. The van der Waals surface area contributed by atoms with Gasteiger partial charge in [-0.05, 0) is 0 Å². The molecule has 1 unspecified atom stereocenters. The summed E-state index contributed by atoms with van der Waals surface area (Å²) in [5.41, 5.74) is 12.2. The number of amidine groups is 1. The summed E-state index contributed by atoms with van der Waals surface area (Å²) in [6, 6.07) is 0. The maximum atomic E-state index is 10.9. The zero-order chi connectivity index (χ0) is 14.6. The number of nitrogen functional groups attached to an aromatic ring is 2. The molecular formula is C10H8N10O. The van der Waals surface area contributed by atoms with Gasteiger partial charge in [-0.15, -0.1) is 0 Å². The fourth-order valence-electron chi connectivity index (χ4n) is 2.19. The molecule has 11 nitrogen and oxygen atoms in total. The second kappa shape index (κ2) is 3.67. The highest BCUT2D eigenvalue weighted by molar-refractivity contribution is 6.49. The monoisotopic (exact) mass is 284 g/mol. The lowest BCUT2D eigenvalue weighted by Crippen LogP contribution is -2.45. The van der Waals surface area contributed by atoms with Gasteiger partial charge in [0.1, 0.15) is 18.2 Å². The van der Waals surface area contributed by atoms with Crippen molar-refractivity contribution in [1.29, 1.82) is 0 Å². The molecule has 4 heterocycles. The van der Waals surface area contributed by atoms with Gasteiger partial charge >= 0.3 is 0 Å². The molecular weight excluding hydrogens is 276 g/mol. The minimum atomic E-state index is -1.94. The lowest BCUT2D eigenvalue weighted by atomic mass is 10.2. The number of hydrogen-bond donors (Lipinski definition) is 3. The Labute approximate surface area is 116 Å². The van der Waals surface area contributed by atoms with Crippen LogP contribution in [0.15, 0.2) is 26.2 Å². The summed E-state index contributed by atoms with van der Waals surface area (Å²) in [5.74, 6) is -1.69. The van der Waals surface area contributed by atoms with Crippen LogP contribution in [0.3, 0.4) is 0 Å². The zero-order valence-electron chi connectivity index (χ0n) is 10.4. The number of imidazole rings is 1. The first-order chi connectivity index (χ1) is 10.1. The first-order valence-corrected chi connectivity index (χ1v) is 5.81. The van der Waals surface area contributed by atoms with Crippen molar-refractivity contribution in [1.82, 2.24) is 19.5 Å². The van der Waals surface area contributed by atoms with E-state index in [0.717, 1.165) is 0 Å². The number of hydrogen-bond acceptors (Lipinski definition) is 10. The fourth-order valence-corrected chi connectivity index (χ4v) is 2.19. The summed E-state index contributed by atoms with van der Waals surface area (Å²) in [4.78, 5) is 27.8. The third kappa shape index (κ3) is 1.42. The van der Waals surface area contributed by atoms with E-state index in [9.17, 15) is 5.11 Å². The molecule has 0 saturated carbocycles. The summed E-state index contributed by atoms with van der Waals surface area (Å²) >= 11 is 0. The van der Waals surface area contributed by atoms with Crippen molar-refractivity contribution in [3.8, 4) is 0 Å². The first kappa shape index (κ1) is 11.6. The van der Waals surface area contributed by atoms with Crippen LogP contribution in [0.25, 0.3) is 11.2 Å². The lowest BCUT2D eigenvalue weighted by molar-refractivity contribution is 0.0534. The molecule has 1 atom stereocenters. The average molecular weight is 284 g/mol. The van der Waals surface area contributed by atoms with Gasteiger partial charge in [0.15, 0.2) is 17.2 Å². The SMILES string of the molecule is Nc1ncc2nc(N)n(C3(O)N=CN=C4N=CN=C43)c2n1. The van der Waals surface area contributed by atoms with Crippen molar-refractivity contribution in [3.05, 3.63) is 6.20 Å². The van der Waals surface area contributed by atoms with Gasteiger partial charge in [-0.25, -0.2) is 34.5 Å². The minimum Gasteiger partial charge on any atom is -0.369 e. The van der Waals surface area contributed by atoms with Gasteiger partial charge in [0.05, 0.1) is 6.20 Å². The highest BCUT2D eigenvalue weighted by atomic mass is 16.3. The van der Waals surface area contributed by atoms with Gasteiger partial charge in [-0.2, -0.15) is 4.98 Å². The van der Waals surface area contributed by atoms with Gasteiger partial charge < -0.3 is 16.6 Å². The summed E-state index contributed by atoms with van der Waals surface area (Å²) < 4.78 is 1.21. The Kier molecular flexibility index (Phi) is 2.03. The highest BCUT2D eigenvalue weighted by Gasteiger charge is 2.44. The van der Waals surface area contributed by atoms with Crippen molar-refractivity contribution in [2.45, 2.75) is 5.85 Å². The molecule has 2 aromatic heterocycles. The Morgan fingerprint density at radius 1 is 1.14 bits per heavy atom. The van der Waals surface area contributed by atoms with E-state index >= 15 is 0 Å². The van der Waals surface area contributed by atoms with E-state index in [-0.39, 0.29) is 29.1 Å². The predicted molar refractivity (Wildman–Crippen MR) is 76.2 cm³/mol. The number of fused-ring (bicyclic) bond motifs is 2. The average Bonchev–Trinajstić information content (AvgIpc) is 3.03. The van der Waals surface area contributed by atoms with Crippen LogP contribution in [0.2, 0.25) is 0 Å². The Hall–Kier alpha value is -3.21. The molecule has 0 aliphatic carbocycles. The van der Waals surface area contributed by atoms with Crippen LogP contribution in [0.4, 0.5) is 11.9 Å². The van der Waals surface area contributed by atoms with Gasteiger partial charge in [0, 0.05) is 0 Å². The zero-order valence-corrected chi connectivity index (χ0v) is 10.4. The molecule has 0 aromatic carbocycles. The second-order valence-corrected chi connectivity index (χ2v) is 4.30. The quantitative estimate of drug-likeness (QED) is 0.577. The van der Waals surface area contributed by atoms with E-state index < -0.39 is 5.85 Å². The predicted octanol–water partition coefficient (Wildman–Crippen LogP) is -1.48. The molecule has 2 aliphatic rings. The van der Waals surface area contributed by atoms with Crippen LogP contribution in [0, 0.1) is 0 Å². The van der Waals surface area contributed by atoms with Crippen molar-refractivity contribution in [3.63, 3.8) is 0 Å². The summed E-state index contributed by atoms with van der Waals surface area (Å²) in [7, 11) is 0. The van der Waals surface area contributed by atoms with E-state index in [2.05, 4.69) is 34.9 Å². The normalized spacial score (nSPS) is 23.3. The van der Waals surface area contributed by atoms with Gasteiger partial charge in [0.2, 0.25) is 11.9 Å². The van der Waals surface area contributed by atoms with Gasteiger partial charge in [0.25, 0.3) is 5.85 Å². The molecule has 0 saturated heterocycles. The number of nitrogens with zero attached hydrogens (tertiary/aromatic N) is 8. The fraction of sp³-hybridized carbons (Fsp3) is 0.100. The van der Waals surface area contributed by atoms with E-state index in [1.54, 1.807) is 0 Å². The van der Waals surface area contributed by atoms with Crippen molar-refractivity contribution in [2.75, 3.05) is 11.5 Å². The molecule has 0 radical (unpaired) electrons. The van der Waals surface area contributed by atoms with Crippen molar-refractivity contribution >= 4 is 47.3 Å². The Morgan fingerprint density at radius 2 is 2.00 bits per heavy atom. The Bertz CT molecular complexity index is 891. The van der Waals surface area contributed by atoms with Crippen LogP contribution in [0.5, 0.6) is 0 Å². The molecule has 104 valence electrons. The van der Waals surface area contributed by atoms with Gasteiger partial charge in [-0.1, -0.05) is 0 Å². The molecule has 11 heteroatoms. The van der Waals surface area contributed by atoms with Crippen LogP contribution in [0.1, 0.15) is 0 Å². The van der Waals surface area contributed by atoms with Crippen LogP contribution in [-0.4, -0.2) is 48.8 Å². The van der Waals surface area contributed by atoms with E-state index in [1.807, 2.05) is 0 Å². The number of anilines is 2. The second-order valence-electron chi connectivity index (χ2n) is 4.30. The Balaban J connectivity index is 2.02. The number of aliphatic hydroxyl groups is 1. The molecule has 21 heavy (non-hydrogen) atoms. The third-order valence-corrected chi connectivity index (χ3v) is 3.07. The topological polar surface area (TPSA) is 165 Å². The molecule has 2 aromatic rings. The molecule has 2 aliphatic heterocycles. The van der Waals surface area contributed by atoms with Crippen LogP contribution < -0.4 is 11.5 Å². The number of aromatic nitrogens is 4. The van der Waals surface area contributed by atoms with Gasteiger partial charge in [-0.3, -0.25) is 0 Å². The van der Waals surface area contributed by atoms with E-state index in [4.69, 9.17) is 11.5 Å². The maximum Gasteiger partial charge on any atom is 0.295 e. The van der Waals surface area contributed by atoms with Crippen molar-refractivity contribution < 1.29 is 5.11 Å². The van der Waals surface area contributed by atoms with E-state index in [1.165, 1.54) is 23.4 Å². The standard InChI is InChI=1S/C10H8N10O/c11-8-13-1-4-7(19-8)20(9(12)18-4)10(21)5-6(15-2-14-5)16-3-17-10/h1-3,21H,(H2,12,18)(H2,11,13,19). The lowest BCUT2D eigenvalue weighted by Gasteiger charge is -2.27. The maximum absolute atomic E-state index is 10.9. The molecule has 0 amide bonds. The summed E-state index contributed by atoms with van der Waals surface area (Å²) in [6.07, 6.45) is 3.85. The summed E-state index contributed by atoms with van der Waals surface area (Å²) in [5, 5.41) is 10.9. The summed E-state index contributed by atoms with van der Waals surface area (Å²) in [6.45, 7) is 0. The smallest absolute Gasteiger partial charge is 0.295 e. The number of aliphatic imine (C=N–C) groups is 4. The molecule has 0 fully saturated rings. The molecule has 4 rings (SSSR count). The van der Waals surface area contributed by atoms with Crippen molar-refractivity contribution in [2.24, 2.45) is 20.0 Å². The minimum absolute atomic E-state index is 0.0135. The molecule has 0 spiro atoms. The highest BCUT2D eigenvalue weighted by Crippen LogP contribution is 2.29. The van der Waals surface area contributed by atoms with Crippen LogP contribution in [-0.2, 0) is 5.85 Å². The Morgan fingerprint density at radius 3 is 2.86 bits per heavy atom.